The van der Waals surface area contributed by atoms with Crippen molar-refractivity contribution >= 4 is 35.0 Å². The van der Waals surface area contributed by atoms with E-state index in [1.165, 1.54) is 12.1 Å². The van der Waals surface area contributed by atoms with E-state index in [4.69, 9.17) is 23.2 Å². The number of nitrogens with zero attached hydrogens (tertiary/aromatic N) is 1. The van der Waals surface area contributed by atoms with Gasteiger partial charge in [-0.3, -0.25) is 10.1 Å². The van der Waals surface area contributed by atoms with Crippen molar-refractivity contribution in [2.75, 3.05) is 0 Å². The van der Waals surface area contributed by atoms with E-state index in [0.717, 1.165) is 12.0 Å². The highest BCUT2D eigenvalue weighted by Crippen LogP contribution is 2.54. The molecule has 1 aromatic carbocycles. The summed E-state index contributed by atoms with van der Waals surface area (Å²) in [5, 5.41) is 10.4. The Morgan fingerprint density at radius 1 is 1.38 bits per heavy atom. The van der Waals surface area contributed by atoms with Gasteiger partial charge in [-0.2, -0.15) is 0 Å². The summed E-state index contributed by atoms with van der Waals surface area (Å²) in [5.74, 6) is 0.186. The minimum Gasteiger partial charge on any atom is -0.258 e. The van der Waals surface area contributed by atoms with Crippen molar-refractivity contribution in [1.29, 1.82) is 0 Å². The second-order valence-corrected chi connectivity index (χ2v) is 5.32. The third-order valence-electron chi connectivity index (χ3n) is 2.50. The number of benzene rings is 1. The molecule has 0 N–H and O–H groups in total. The van der Waals surface area contributed by atoms with E-state index in [1.54, 1.807) is 12.1 Å². The number of rotatable bonds is 3. The number of nitro groups is 1. The molecule has 16 heavy (non-hydrogen) atoms. The van der Waals surface area contributed by atoms with Crippen LogP contribution in [0.4, 0.5) is 5.69 Å². The molecule has 1 saturated carbocycles. The monoisotopic (exact) mass is 257 g/mol. The Morgan fingerprint density at radius 3 is 2.38 bits per heavy atom. The number of allylic oxidation sites excluding steroid dienone is 1. The van der Waals surface area contributed by atoms with E-state index in [-0.39, 0.29) is 11.6 Å². The summed E-state index contributed by atoms with van der Waals surface area (Å²) in [6.07, 6.45) is 4.57. The third-order valence-corrected chi connectivity index (χ3v) is 3.37. The Labute approximate surface area is 103 Å². The third kappa shape index (κ3) is 2.54. The van der Waals surface area contributed by atoms with Crippen LogP contribution in [0.15, 0.2) is 30.3 Å². The van der Waals surface area contributed by atoms with Crippen LogP contribution in [0.3, 0.4) is 0 Å². The number of alkyl halides is 2. The van der Waals surface area contributed by atoms with Crippen LogP contribution in [0.25, 0.3) is 6.08 Å². The molecule has 0 spiro atoms. The van der Waals surface area contributed by atoms with Gasteiger partial charge in [0.1, 0.15) is 4.33 Å². The van der Waals surface area contributed by atoms with Crippen LogP contribution < -0.4 is 0 Å². The van der Waals surface area contributed by atoms with Gasteiger partial charge in [0, 0.05) is 18.1 Å². The summed E-state index contributed by atoms with van der Waals surface area (Å²) in [6, 6.07) is 6.34. The lowest BCUT2D eigenvalue weighted by atomic mass is 10.2. The Balaban J connectivity index is 2.03. The first-order valence-corrected chi connectivity index (χ1v) is 5.55. The first-order valence-electron chi connectivity index (χ1n) is 4.79. The Bertz CT molecular complexity index is 440. The van der Waals surface area contributed by atoms with Crippen LogP contribution in [0, 0.1) is 16.0 Å². The lowest BCUT2D eigenvalue weighted by molar-refractivity contribution is -0.384. The molecular formula is C11H9Cl2NO2. The standard InChI is InChI=1S/C11H9Cl2NO2/c12-11(13)7-9(11)4-1-8-2-5-10(6-3-8)14(15)16/h1-6,9H,7H2. The first kappa shape index (κ1) is 11.4. The van der Waals surface area contributed by atoms with Crippen LogP contribution in [0.5, 0.6) is 0 Å². The highest BCUT2D eigenvalue weighted by Gasteiger charge is 2.49. The van der Waals surface area contributed by atoms with Gasteiger partial charge >= 0.3 is 0 Å². The highest BCUT2D eigenvalue weighted by molar-refractivity contribution is 6.51. The predicted molar refractivity (Wildman–Crippen MR) is 64.7 cm³/mol. The highest BCUT2D eigenvalue weighted by atomic mass is 35.5. The zero-order valence-corrected chi connectivity index (χ0v) is 9.78. The van der Waals surface area contributed by atoms with Crippen LogP contribution >= 0.6 is 23.2 Å². The average Bonchev–Trinajstić information content (AvgIpc) is 2.84. The maximum absolute atomic E-state index is 10.4. The lowest BCUT2D eigenvalue weighted by Gasteiger charge is -1.94. The molecule has 0 amide bonds. The van der Waals surface area contributed by atoms with Crippen molar-refractivity contribution in [1.82, 2.24) is 0 Å². The maximum atomic E-state index is 10.4. The first-order chi connectivity index (χ1) is 7.49. The SMILES string of the molecule is O=[N+]([O-])c1ccc(C=CC2CC2(Cl)Cl)cc1. The number of hydrogen-bond acceptors (Lipinski definition) is 2. The molecule has 1 aliphatic carbocycles. The zero-order chi connectivity index (χ0) is 11.8. The van der Waals surface area contributed by atoms with Crippen molar-refractivity contribution in [2.24, 2.45) is 5.92 Å². The lowest BCUT2D eigenvalue weighted by Crippen LogP contribution is -1.87. The van der Waals surface area contributed by atoms with Gasteiger partial charge in [-0.05, 0) is 24.1 Å². The summed E-state index contributed by atoms with van der Waals surface area (Å²) in [4.78, 5) is 10.0. The van der Waals surface area contributed by atoms with Crippen LogP contribution in [0.1, 0.15) is 12.0 Å². The molecule has 0 bridgehead atoms. The molecule has 3 nitrogen and oxygen atoms in total. The molecule has 0 heterocycles. The largest absolute Gasteiger partial charge is 0.269 e. The van der Waals surface area contributed by atoms with E-state index in [1.807, 2.05) is 12.2 Å². The molecule has 5 heteroatoms. The maximum Gasteiger partial charge on any atom is 0.269 e. The smallest absolute Gasteiger partial charge is 0.258 e. The van der Waals surface area contributed by atoms with Crippen molar-refractivity contribution < 1.29 is 4.92 Å². The van der Waals surface area contributed by atoms with E-state index >= 15 is 0 Å². The average molecular weight is 258 g/mol. The molecule has 1 aromatic rings. The minimum atomic E-state index is -0.614. The molecule has 1 unspecified atom stereocenters. The molecule has 1 fully saturated rings. The molecule has 0 saturated heterocycles. The minimum absolute atomic E-state index is 0.0904. The van der Waals surface area contributed by atoms with Gasteiger partial charge < -0.3 is 0 Å². The van der Waals surface area contributed by atoms with Crippen LogP contribution in [-0.4, -0.2) is 9.26 Å². The van der Waals surface area contributed by atoms with E-state index in [2.05, 4.69) is 0 Å². The Hall–Kier alpha value is -1.06. The van der Waals surface area contributed by atoms with Crippen LogP contribution in [0.2, 0.25) is 0 Å². The number of hydrogen-bond donors (Lipinski definition) is 0. The Morgan fingerprint density at radius 2 is 1.94 bits per heavy atom. The summed E-state index contributed by atoms with van der Waals surface area (Å²) in [5.41, 5.74) is 0.995. The van der Waals surface area contributed by atoms with E-state index < -0.39 is 9.26 Å². The number of nitro benzene ring substituents is 1. The molecule has 0 radical (unpaired) electrons. The van der Waals surface area contributed by atoms with Gasteiger partial charge in [-0.25, -0.2) is 0 Å². The predicted octanol–water partition coefficient (Wildman–Crippen LogP) is 3.80. The van der Waals surface area contributed by atoms with E-state index in [9.17, 15) is 10.1 Å². The van der Waals surface area contributed by atoms with Crippen molar-refractivity contribution in [3.63, 3.8) is 0 Å². The molecule has 2 rings (SSSR count). The van der Waals surface area contributed by atoms with Crippen LogP contribution in [-0.2, 0) is 0 Å². The van der Waals surface area contributed by atoms with Gasteiger partial charge in [-0.1, -0.05) is 12.2 Å². The molecule has 1 atom stereocenters. The second kappa shape index (κ2) is 4.07. The molecule has 0 aromatic heterocycles. The van der Waals surface area contributed by atoms with Crippen molar-refractivity contribution in [3.8, 4) is 0 Å². The van der Waals surface area contributed by atoms with Gasteiger partial charge in [0.2, 0.25) is 0 Å². The number of halogens is 2. The van der Waals surface area contributed by atoms with Gasteiger partial charge in [0.05, 0.1) is 4.92 Å². The van der Waals surface area contributed by atoms with Gasteiger partial charge in [-0.15, -0.1) is 23.2 Å². The fraction of sp³-hybridized carbons (Fsp3) is 0.273. The summed E-state index contributed by atoms with van der Waals surface area (Å²) in [6.45, 7) is 0. The zero-order valence-electron chi connectivity index (χ0n) is 8.27. The number of non-ortho nitro benzene ring substituents is 1. The van der Waals surface area contributed by atoms with Gasteiger partial charge in [0.15, 0.2) is 0 Å². The summed E-state index contributed by atoms with van der Waals surface area (Å²) in [7, 11) is 0. The fourth-order valence-corrected chi connectivity index (χ4v) is 1.86. The summed E-state index contributed by atoms with van der Waals surface area (Å²) >= 11 is 11.7. The molecule has 1 aliphatic rings. The quantitative estimate of drug-likeness (QED) is 0.470. The van der Waals surface area contributed by atoms with E-state index in [0.29, 0.717) is 0 Å². The second-order valence-electron chi connectivity index (χ2n) is 3.78. The van der Waals surface area contributed by atoms with Crippen molar-refractivity contribution in [2.45, 2.75) is 10.8 Å². The Kier molecular flexibility index (Phi) is 2.91. The molecule has 0 aliphatic heterocycles. The van der Waals surface area contributed by atoms with Crippen molar-refractivity contribution in [3.05, 3.63) is 46.0 Å². The van der Waals surface area contributed by atoms with Gasteiger partial charge in [0.25, 0.3) is 5.69 Å². The molecular weight excluding hydrogens is 249 g/mol. The molecule has 84 valence electrons. The normalized spacial score (nSPS) is 22.2. The fourth-order valence-electron chi connectivity index (χ4n) is 1.38. The summed E-state index contributed by atoms with van der Waals surface area (Å²) < 4.78 is -0.614. The topological polar surface area (TPSA) is 43.1 Å².